The minimum absolute atomic E-state index is 0.00706. The number of rotatable bonds is 6. The third kappa shape index (κ3) is 3.69. The molecule has 0 radical (unpaired) electrons. The Hall–Kier alpha value is -4.53. The van der Waals surface area contributed by atoms with Gasteiger partial charge in [0.2, 0.25) is 0 Å². The van der Waals surface area contributed by atoms with Crippen LogP contribution in [0.5, 0.6) is 11.5 Å². The predicted molar refractivity (Wildman–Crippen MR) is 130 cm³/mol. The van der Waals surface area contributed by atoms with Crippen LogP contribution >= 0.6 is 0 Å². The minimum Gasteiger partial charge on any atom is -0.505 e. The lowest BCUT2D eigenvalue weighted by molar-refractivity contribution is -0.140. The number of nitrogens with zero attached hydrogens (tertiary/aromatic N) is 3. The van der Waals surface area contributed by atoms with Gasteiger partial charge in [0.15, 0.2) is 17.3 Å². The van der Waals surface area contributed by atoms with E-state index < -0.39 is 17.7 Å². The zero-order chi connectivity index (χ0) is 25.6. The molecular weight excluding hydrogens is 462 g/mol. The number of ether oxygens (including phenoxy) is 1. The van der Waals surface area contributed by atoms with E-state index in [2.05, 4.69) is 4.98 Å². The summed E-state index contributed by atoms with van der Waals surface area (Å²) < 4.78 is 12.8. The van der Waals surface area contributed by atoms with Crippen molar-refractivity contribution in [2.75, 3.05) is 6.61 Å². The zero-order valence-electron chi connectivity index (χ0n) is 20.1. The number of phenolic OH excluding ortho intramolecular Hbond substituents is 1. The van der Waals surface area contributed by atoms with Gasteiger partial charge in [-0.2, -0.15) is 0 Å². The van der Waals surface area contributed by atoms with E-state index in [4.69, 9.17) is 9.15 Å². The monoisotopic (exact) mass is 487 g/mol. The average Bonchev–Trinajstić information content (AvgIpc) is 3.56. The molecular formula is C27H25N3O6. The van der Waals surface area contributed by atoms with Gasteiger partial charge in [0, 0.05) is 6.20 Å². The number of aromatic hydroxyl groups is 1. The van der Waals surface area contributed by atoms with Crippen molar-refractivity contribution in [1.29, 1.82) is 0 Å². The van der Waals surface area contributed by atoms with Crippen LogP contribution < -0.4 is 4.74 Å². The molecule has 184 valence electrons. The van der Waals surface area contributed by atoms with Crippen LogP contribution in [-0.4, -0.2) is 42.8 Å². The van der Waals surface area contributed by atoms with Crippen molar-refractivity contribution in [2.24, 2.45) is 0 Å². The topological polar surface area (TPSA) is 118 Å². The maximum absolute atomic E-state index is 13.4. The number of hydrogen-bond donors (Lipinski definition) is 2. The van der Waals surface area contributed by atoms with Crippen LogP contribution in [0.2, 0.25) is 0 Å². The van der Waals surface area contributed by atoms with Crippen molar-refractivity contribution in [3.63, 3.8) is 0 Å². The second kappa shape index (κ2) is 8.92. The maximum atomic E-state index is 13.4. The Labute approximate surface area is 206 Å². The number of imidazole rings is 1. The Morgan fingerprint density at radius 1 is 1.17 bits per heavy atom. The number of ketones is 1. The van der Waals surface area contributed by atoms with Crippen LogP contribution in [0.25, 0.3) is 11.4 Å². The number of phenols is 1. The number of aromatic nitrogens is 2. The molecule has 1 aromatic carbocycles. The quantitative estimate of drug-likeness (QED) is 0.237. The third-order valence-electron chi connectivity index (χ3n) is 6.35. The van der Waals surface area contributed by atoms with E-state index >= 15 is 0 Å². The molecule has 1 unspecified atom stereocenters. The molecule has 1 aliphatic rings. The minimum atomic E-state index is -0.958. The summed E-state index contributed by atoms with van der Waals surface area (Å²) in [6.07, 6.45) is 3.31. The van der Waals surface area contributed by atoms with E-state index in [9.17, 15) is 19.8 Å². The smallest absolute Gasteiger partial charge is 0.296 e. The van der Waals surface area contributed by atoms with Gasteiger partial charge in [-0.1, -0.05) is 12.1 Å². The van der Waals surface area contributed by atoms with Gasteiger partial charge in [-0.3, -0.25) is 9.59 Å². The van der Waals surface area contributed by atoms with Gasteiger partial charge in [0.1, 0.15) is 17.1 Å². The van der Waals surface area contributed by atoms with Crippen LogP contribution in [-0.2, 0) is 16.1 Å². The van der Waals surface area contributed by atoms with Crippen LogP contribution in [0.3, 0.4) is 0 Å². The van der Waals surface area contributed by atoms with Crippen LogP contribution in [0.15, 0.2) is 64.9 Å². The van der Waals surface area contributed by atoms with Gasteiger partial charge in [0.25, 0.3) is 11.7 Å². The van der Waals surface area contributed by atoms with E-state index in [0.717, 1.165) is 5.56 Å². The van der Waals surface area contributed by atoms with Gasteiger partial charge in [-0.05, 0) is 62.2 Å². The number of aliphatic hydroxyl groups is 1. The summed E-state index contributed by atoms with van der Waals surface area (Å²) >= 11 is 0. The molecule has 4 heterocycles. The Morgan fingerprint density at radius 2 is 1.97 bits per heavy atom. The van der Waals surface area contributed by atoms with E-state index in [1.165, 1.54) is 17.2 Å². The molecule has 0 saturated carbocycles. The number of benzene rings is 1. The normalized spacial score (nSPS) is 17.3. The maximum Gasteiger partial charge on any atom is 0.296 e. The van der Waals surface area contributed by atoms with Crippen LogP contribution in [0.4, 0.5) is 0 Å². The van der Waals surface area contributed by atoms with Crippen LogP contribution in [0, 0.1) is 13.8 Å². The fourth-order valence-electron chi connectivity index (χ4n) is 4.61. The lowest BCUT2D eigenvalue weighted by atomic mass is 9.96. The Balaban J connectivity index is 1.72. The molecule has 5 rings (SSSR count). The molecule has 0 bridgehead atoms. The summed E-state index contributed by atoms with van der Waals surface area (Å²) in [6.45, 7) is 5.79. The molecule has 1 amide bonds. The van der Waals surface area contributed by atoms with Crippen molar-refractivity contribution in [3.8, 4) is 11.5 Å². The average molecular weight is 488 g/mol. The number of amides is 1. The van der Waals surface area contributed by atoms with Crippen LogP contribution in [0.1, 0.15) is 41.2 Å². The molecule has 3 aromatic heterocycles. The van der Waals surface area contributed by atoms with Gasteiger partial charge in [0.05, 0.1) is 36.7 Å². The largest absolute Gasteiger partial charge is 0.505 e. The highest BCUT2D eigenvalue weighted by atomic mass is 16.5. The Morgan fingerprint density at radius 3 is 2.67 bits per heavy atom. The second-order valence-electron chi connectivity index (χ2n) is 8.60. The molecule has 1 saturated heterocycles. The lowest BCUT2D eigenvalue weighted by Crippen LogP contribution is -2.29. The number of fused-ring (bicyclic) bond motifs is 1. The molecule has 0 spiro atoms. The van der Waals surface area contributed by atoms with E-state index in [1.54, 1.807) is 38.1 Å². The van der Waals surface area contributed by atoms with Crippen molar-refractivity contribution >= 4 is 23.1 Å². The highest BCUT2D eigenvalue weighted by Gasteiger charge is 2.47. The molecule has 0 aliphatic carbocycles. The lowest BCUT2D eigenvalue weighted by Gasteiger charge is -2.25. The highest BCUT2D eigenvalue weighted by Crippen LogP contribution is 2.42. The number of furan rings is 1. The van der Waals surface area contributed by atoms with E-state index in [0.29, 0.717) is 29.3 Å². The SMILES string of the molecule is CCOc1cc(C2C(=C(O)c3nc4c(C)cccn4c3C)C(=O)C(=O)N2Cc2ccco2)ccc1O. The molecule has 2 N–H and O–H groups in total. The second-order valence-corrected chi connectivity index (χ2v) is 8.60. The highest BCUT2D eigenvalue weighted by molar-refractivity contribution is 6.46. The fourth-order valence-corrected chi connectivity index (χ4v) is 4.61. The molecule has 9 nitrogen and oxygen atoms in total. The zero-order valence-corrected chi connectivity index (χ0v) is 20.1. The van der Waals surface area contributed by atoms with Crippen molar-refractivity contribution < 1.29 is 29.0 Å². The van der Waals surface area contributed by atoms with Crippen molar-refractivity contribution in [1.82, 2.24) is 14.3 Å². The number of pyridine rings is 1. The molecule has 9 heteroatoms. The number of carbonyl (C=O) groups is 2. The summed E-state index contributed by atoms with van der Waals surface area (Å²) in [5.41, 5.74) is 2.78. The van der Waals surface area contributed by atoms with Crippen molar-refractivity contribution in [3.05, 3.63) is 88.8 Å². The molecule has 36 heavy (non-hydrogen) atoms. The number of hydrogen-bond acceptors (Lipinski definition) is 7. The molecule has 1 aliphatic heterocycles. The first-order chi connectivity index (χ1) is 17.3. The first kappa shape index (κ1) is 23.2. The Bertz CT molecular complexity index is 1520. The Kier molecular flexibility index (Phi) is 5.75. The van der Waals surface area contributed by atoms with Gasteiger partial charge in [-0.15, -0.1) is 0 Å². The van der Waals surface area contributed by atoms with Crippen molar-refractivity contribution in [2.45, 2.75) is 33.4 Å². The fraction of sp³-hybridized carbons (Fsp3) is 0.222. The van der Waals surface area contributed by atoms with Gasteiger partial charge >= 0.3 is 0 Å². The summed E-state index contributed by atoms with van der Waals surface area (Å²) in [6, 6.07) is 10.8. The summed E-state index contributed by atoms with van der Waals surface area (Å²) in [5.74, 6) is -1.37. The standard InChI is InChI=1S/C27H25N3O6/c1-4-35-20-13-17(9-10-19(20)31)23-21(25(33)27(34)30(23)14-18-8-6-12-36-18)24(32)22-16(3)29-11-5-7-15(2)26(29)28-22/h5-13,23,31-32H,4,14H2,1-3H3. The number of Topliss-reactive ketones (excluding diaryl/α,β-unsaturated/α-hetero) is 1. The third-order valence-corrected chi connectivity index (χ3v) is 6.35. The molecule has 4 aromatic rings. The summed E-state index contributed by atoms with van der Waals surface area (Å²) in [4.78, 5) is 32.5. The van der Waals surface area contributed by atoms with E-state index in [1.807, 2.05) is 29.7 Å². The van der Waals surface area contributed by atoms with E-state index in [-0.39, 0.29) is 35.1 Å². The first-order valence-corrected chi connectivity index (χ1v) is 11.5. The number of aryl methyl sites for hydroxylation is 2. The number of likely N-dealkylation sites (tertiary alicyclic amines) is 1. The summed E-state index contributed by atoms with van der Waals surface area (Å²) in [7, 11) is 0. The van der Waals surface area contributed by atoms with Gasteiger partial charge < -0.3 is 28.7 Å². The molecule has 1 atom stereocenters. The summed E-state index contributed by atoms with van der Waals surface area (Å²) in [5, 5.41) is 21.7. The molecule has 1 fully saturated rings. The van der Waals surface area contributed by atoms with Gasteiger partial charge in [-0.25, -0.2) is 4.98 Å². The number of carbonyl (C=O) groups excluding carboxylic acids is 2. The number of aliphatic hydroxyl groups excluding tert-OH is 1. The predicted octanol–water partition coefficient (Wildman–Crippen LogP) is 4.27. The first-order valence-electron chi connectivity index (χ1n) is 11.5.